The second-order valence-corrected chi connectivity index (χ2v) is 5.57. The van der Waals surface area contributed by atoms with Crippen LogP contribution in [0, 0.1) is 0 Å². The van der Waals surface area contributed by atoms with Gasteiger partial charge in [-0.25, -0.2) is 0 Å². The fraction of sp³-hybridized carbons (Fsp3) is 0.562. The first kappa shape index (κ1) is 13.6. The number of piperidine rings is 1. The summed E-state index contributed by atoms with van der Waals surface area (Å²) in [6, 6.07) is 9.95. The van der Waals surface area contributed by atoms with Gasteiger partial charge < -0.3 is 14.4 Å². The molecule has 0 bridgehead atoms. The highest BCUT2D eigenvalue weighted by molar-refractivity contribution is 5.83. The Balaban J connectivity index is 1.61. The van der Waals surface area contributed by atoms with Gasteiger partial charge in [0.05, 0.1) is 19.1 Å². The van der Waals surface area contributed by atoms with Gasteiger partial charge in [0.1, 0.15) is 0 Å². The van der Waals surface area contributed by atoms with Crippen LogP contribution in [0.4, 0.5) is 0 Å². The summed E-state index contributed by atoms with van der Waals surface area (Å²) in [5.74, 6) is -0.299. The molecule has 1 aromatic carbocycles. The second-order valence-electron chi connectivity index (χ2n) is 5.57. The lowest BCUT2D eigenvalue weighted by molar-refractivity contribution is -0.187. The van der Waals surface area contributed by atoms with E-state index in [-0.39, 0.29) is 11.8 Å². The lowest BCUT2D eigenvalue weighted by Gasteiger charge is -2.38. The summed E-state index contributed by atoms with van der Waals surface area (Å²) in [6.07, 6.45) is 1.56. The molecule has 2 aliphatic heterocycles. The third kappa shape index (κ3) is 2.58. The number of hydrogen-bond acceptors (Lipinski definition) is 3. The van der Waals surface area contributed by atoms with Gasteiger partial charge in [-0.1, -0.05) is 30.3 Å². The Morgan fingerprint density at radius 1 is 1.15 bits per heavy atom. The van der Waals surface area contributed by atoms with Crippen molar-refractivity contribution in [1.82, 2.24) is 4.90 Å². The molecular formula is C16H21NO3. The van der Waals surface area contributed by atoms with Gasteiger partial charge in [-0.15, -0.1) is 0 Å². The van der Waals surface area contributed by atoms with Crippen LogP contribution in [-0.2, 0) is 14.3 Å². The molecular weight excluding hydrogens is 254 g/mol. The van der Waals surface area contributed by atoms with Crippen LogP contribution in [0.1, 0.15) is 31.2 Å². The van der Waals surface area contributed by atoms with Crippen molar-refractivity contribution in [2.75, 3.05) is 26.3 Å². The topological polar surface area (TPSA) is 38.8 Å². The third-order valence-corrected chi connectivity index (χ3v) is 4.32. The molecule has 1 aromatic rings. The molecule has 4 heteroatoms. The highest BCUT2D eigenvalue weighted by Crippen LogP contribution is 2.32. The predicted molar refractivity (Wildman–Crippen MR) is 75.3 cm³/mol. The van der Waals surface area contributed by atoms with Crippen LogP contribution in [0.15, 0.2) is 30.3 Å². The summed E-state index contributed by atoms with van der Waals surface area (Å²) in [6.45, 7) is 4.76. The molecule has 1 atom stereocenters. The number of ether oxygens (including phenoxy) is 2. The van der Waals surface area contributed by atoms with Crippen molar-refractivity contribution < 1.29 is 14.3 Å². The van der Waals surface area contributed by atoms with E-state index in [0.717, 1.165) is 31.5 Å². The largest absolute Gasteiger partial charge is 0.347 e. The molecule has 2 aliphatic rings. The zero-order valence-corrected chi connectivity index (χ0v) is 11.9. The zero-order chi connectivity index (χ0) is 14.0. The molecule has 20 heavy (non-hydrogen) atoms. The minimum Gasteiger partial charge on any atom is -0.347 e. The van der Waals surface area contributed by atoms with E-state index >= 15 is 0 Å². The van der Waals surface area contributed by atoms with Crippen LogP contribution in [0.3, 0.4) is 0 Å². The van der Waals surface area contributed by atoms with Crippen molar-refractivity contribution >= 4 is 5.91 Å². The summed E-state index contributed by atoms with van der Waals surface area (Å²) in [7, 11) is 0. The van der Waals surface area contributed by atoms with E-state index in [1.165, 1.54) is 0 Å². The number of likely N-dealkylation sites (tertiary alicyclic amines) is 1. The molecule has 1 spiro atoms. The Bertz CT molecular complexity index is 458. The average molecular weight is 275 g/mol. The smallest absolute Gasteiger partial charge is 0.229 e. The highest BCUT2D eigenvalue weighted by Gasteiger charge is 2.41. The maximum atomic E-state index is 12.5. The first-order valence-electron chi connectivity index (χ1n) is 7.32. The van der Waals surface area contributed by atoms with Crippen LogP contribution in [0.5, 0.6) is 0 Å². The number of carbonyl (C=O) groups excluding carboxylic acids is 1. The Morgan fingerprint density at radius 3 is 2.35 bits per heavy atom. The quantitative estimate of drug-likeness (QED) is 0.830. The lowest BCUT2D eigenvalue weighted by atomic mass is 9.97. The van der Waals surface area contributed by atoms with Gasteiger partial charge >= 0.3 is 0 Å². The zero-order valence-electron chi connectivity index (χ0n) is 11.9. The number of nitrogens with zero attached hydrogens (tertiary/aromatic N) is 1. The first-order chi connectivity index (χ1) is 9.70. The van der Waals surface area contributed by atoms with E-state index in [4.69, 9.17) is 9.47 Å². The summed E-state index contributed by atoms with van der Waals surface area (Å²) in [5.41, 5.74) is 1.08. The molecule has 2 fully saturated rings. The van der Waals surface area contributed by atoms with Crippen molar-refractivity contribution in [1.29, 1.82) is 0 Å². The molecule has 3 rings (SSSR count). The van der Waals surface area contributed by atoms with Crippen molar-refractivity contribution in [3.8, 4) is 0 Å². The van der Waals surface area contributed by atoms with Gasteiger partial charge in [-0.05, 0) is 12.5 Å². The maximum Gasteiger partial charge on any atom is 0.229 e. The van der Waals surface area contributed by atoms with Gasteiger partial charge in [0.25, 0.3) is 0 Å². The summed E-state index contributed by atoms with van der Waals surface area (Å²) in [5, 5.41) is 0. The first-order valence-corrected chi connectivity index (χ1v) is 7.32. The van der Waals surface area contributed by atoms with Crippen LogP contribution >= 0.6 is 0 Å². The molecule has 1 amide bonds. The van der Waals surface area contributed by atoms with Gasteiger partial charge in [0.2, 0.25) is 5.91 Å². The van der Waals surface area contributed by atoms with Gasteiger partial charge in [0, 0.05) is 25.9 Å². The van der Waals surface area contributed by atoms with E-state index in [2.05, 4.69) is 0 Å². The monoisotopic (exact) mass is 275 g/mol. The number of hydrogen-bond donors (Lipinski definition) is 0. The molecule has 4 nitrogen and oxygen atoms in total. The molecule has 0 saturated carbocycles. The van der Waals surface area contributed by atoms with Crippen molar-refractivity contribution in [3.05, 3.63) is 35.9 Å². The molecule has 1 unspecified atom stereocenters. The van der Waals surface area contributed by atoms with Crippen molar-refractivity contribution in [2.24, 2.45) is 0 Å². The predicted octanol–water partition coefficient (Wildman–Crippen LogP) is 2.16. The van der Waals surface area contributed by atoms with Crippen LogP contribution in [-0.4, -0.2) is 42.9 Å². The SMILES string of the molecule is CC(C(=O)N1CCC2(CC1)OCCO2)c1ccccc1. The minimum atomic E-state index is -0.410. The van der Waals surface area contributed by atoms with Crippen molar-refractivity contribution in [2.45, 2.75) is 31.5 Å². The lowest BCUT2D eigenvalue weighted by Crippen LogP contribution is -2.48. The minimum absolute atomic E-state index is 0.0873. The van der Waals surface area contributed by atoms with Gasteiger partial charge in [0.15, 0.2) is 5.79 Å². The second kappa shape index (κ2) is 5.54. The van der Waals surface area contributed by atoms with Crippen LogP contribution < -0.4 is 0 Å². The van der Waals surface area contributed by atoms with Gasteiger partial charge in [-0.2, -0.15) is 0 Å². The molecule has 0 N–H and O–H groups in total. The fourth-order valence-corrected chi connectivity index (χ4v) is 3.01. The van der Waals surface area contributed by atoms with Crippen LogP contribution in [0.2, 0.25) is 0 Å². The molecule has 2 heterocycles. The summed E-state index contributed by atoms with van der Waals surface area (Å²) in [4.78, 5) is 14.5. The Hall–Kier alpha value is -1.39. The molecule has 0 radical (unpaired) electrons. The average Bonchev–Trinajstić information content (AvgIpc) is 2.96. The van der Waals surface area contributed by atoms with Crippen molar-refractivity contribution in [3.63, 3.8) is 0 Å². The molecule has 2 saturated heterocycles. The van der Waals surface area contributed by atoms with E-state index in [9.17, 15) is 4.79 Å². The summed E-state index contributed by atoms with van der Waals surface area (Å²) < 4.78 is 11.4. The number of amides is 1. The fourth-order valence-electron chi connectivity index (χ4n) is 3.01. The normalized spacial score (nSPS) is 22.9. The Labute approximate surface area is 119 Å². The highest BCUT2D eigenvalue weighted by atomic mass is 16.7. The van der Waals surface area contributed by atoms with E-state index < -0.39 is 5.79 Å². The third-order valence-electron chi connectivity index (χ3n) is 4.32. The molecule has 108 valence electrons. The van der Waals surface area contributed by atoms with Gasteiger partial charge in [-0.3, -0.25) is 4.79 Å². The number of benzene rings is 1. The summed E-state index contributed by atoms with van der Waals surface area (Å²) >= 11 is 0. The number of rotatable bonds is 2. The Morgan fingerprint density at radius 2 is 1.75 bits per heavy atom. The standard InChI is InChI=1S/C16H21NO3/c1-13(14-5-3-2-4-6-14)15(18)17-9-7-16(8-10-17)19-11-12-20-16/h2-6,13H,7-12H2,1H3. The molecule has 0 aromatic heterocycles. The van der Waals surface area contributed by atoms with E-state index in [1.54, 1.807) is 0 Å². The van der Waals surface area contributed by atoms with E-state index in [0.29, 0.717) is 13.2 Å². The van der Waals surface area contributed by atoms with E-state index in [1.807, 2.05) is 42.2 Å². The van der Waals surface area contributed by atoms with Crippen LogP contribution in [0.25, 0.3) is 0 Å². The Kier molecular flexibility index (Phi) is 3.76. The number of carbonyl (C=O) groups is 1. The molecule has 0 aliphatic carbocycles. The maximum absolute atomic E-state index is 12.5.